The molecule has 0 rings (SSSR count). The molecule has 0 aromatic rings. The van der Waals surface area contributed by atoms with Crippen molar-refractivity contribution in [2.45, 2.75) is 51.9 Å². The van der Waals surface area contributed by atoms with Gasteiger partial charge < -0.3 is 23.6 Å². The molecule has 0 aliphatic carbocycles. The van der Waals surface area contributed by atoms with E-state index in [9.17, 15) is 0 Å². The van der Waals surface area contributed by atoms with Gasteiger partial charge in [-0.1, -0.05) is 6.32 Å². The smallest absolute Gasteiger partial charge is 0.286 e. The average molecular weight is 256 g/mol. The number of methoxy groups -OCH3 is 1. The van der Waals surface area contributed by atoms with E-state index in [1.54, 1.807) is 21.0 Å². The van der Waals surface area contributed by atoms with E-state index >= 15 is 0 Å². The van der Waals surface area contributed by atoms with Gasteiger partial charge in [0.25, 0.3) is 8.05 Å². The molecule has 0 spiro atoms. The van der Waals surface area contributed by atoms with Gasteiger partial charge in [0.2, 0.25) is 0 Å². The van der Waals surface area contributed by atoms with Gasteiger partial charge >= 0.3 is 0 Å². The van der Waals surface area contributed by atoms with Crippen molar-refractivity contribution in [2.24, 2.45) is 0 Å². The fraction of sp³-hybridized carbons (Fsp3) is 1.00. The molecule has 4 unspecified atom stereocenters. The molecular weight excluding hydrogens is 234 g/mol. The van der Waals surface area contributed by atoms with E-state index in [4.69, 9.17) is 34.8 Å². The molecular formula is C11H22B2O5. The summed E-state index contributed by atoms with van der Waals surface area (Å²) in [6, 6.07) is 0. The normalized spacial score (nSPS) is 18.2. The maximum absolute atomic E-state index is 5.58. The van der Waals surface area contributed by atoms with E-state index in [-0.39, 0.29) is 18.5 Å². The van der Waals surface area contributed by atoms with Gasteiger partial charge in [-0.15, -0.1) is 0 Å². The second kappa shape index (κ2) is 10.8. The first-order valence-electron chi connectivity index (χ1n) is 6.00. The largest absolute Gasteiger partial charge is 0.425 e. The molecule has 0 heterocycles. The van der Waals surface area contributed by atoms with Gasteiger partial charge in [0.1, 0.15) is 12.4 Å². The van der Waals surface area contributed by atoms with Gasteiger partial charge in [0, 0.05) is 13.2 Å². The van der Waals surface area contributed by atoms with Crippen LogP contribution < -0.4 is 0 Å². The molecule has 0 bridgehead atoms. The standard InChI is InChI=1S/C11H22B2O5/c1-8(5-12)15-6-11(17-9(2)14-4)7-16-10(3)18-13/h8-11H,5-7H2,1-4H3. The van der Waals surface area contributed by atoms with Crippen molar-refractivity contribution >= 4 is 15.9 Å². The first-order valence-corrected chi connectivity index (χ1v) is 6.00. The molecule has 7 heteroatoms. The fourth-order valence-electron chi connectivity index (χ4n) is 1.08. The summed E-state index contributed by atoms with van der Waals surface area (Å²) in [5.74, 6) is 0. The highest BCUT2D eigenvalue weighted by Gasteiger charge is 2.16. The maximum Gasteiger partial charge on any atom is 0.286 e. The van der Waals surface area contributed by atoms with Crippen LogP contribution in [-0.2, 0) is 23.6 Å². The van der Waals surface area contributed by atoms with Crippen molar-refractivity contribution in [2.75, 3.05) is 20.3 Å². The first-order chi connectivity index (χ1) is 8.53. The van der Waals surface area contributed by atoms with Crippen LogP contribution in [-0.4, -0.2) is 61.0 Å². The highest BCUT2D eigenvalue weighted by Crippen LogP contribution is 2.06. The van der Waals surface area contributed by atoms with Crippen LogP contribution in [0.3, 0.4) is 0 Å². The lowest BCUT2D eigenvalue weighted by Crippen LogP contribution is -2.33. The zero-order valence-corrected chi connectivity index (χ0v) is 11.6. The van der Waals surface area contributed by atoms with E-state index < -0.39 is 6.29 Å². The monoisotopic (exact) mass is 256 g/mol. The predicted octanol–water partition coefficient (Wildman–Crippen LogP) is 0.819. The van der Waals surface area contributed by atoms with Gasteiger partial charge in [-0.25, -0.2) is 0 Å². The molecule has 0 saturated heterocycles. The third kappa shape index (κ3) is 8.94. The Labute approximate surface area is 112 Å². The minimum absolute atomic E-state index is 0.0304. The molecule has 0 aromatic carbocycles. The summed E-state index contributed by atoms with van der Waals surface area (Å²) in [6.45, 7) is 6.04. The van der Waals surface area contributed by atoms with Crippen LogP contribution >= 0.6 is 0 Å². The van der Waals surface area contributed by atoms with E-state index in [0.717, 1.165) is 0 Å². The van der Waals surface area contributed by atoms with E-state index in [1.807, 2.05) is 6.92 Å². The summed E-state index contributed by atoms with van der Waals surface area (Å²) in [4.78, 5) is 0. The van der Waals surface area contributed by atoms with E-state index in [1.165, 1.54) is 0 Å². The first kappa shape index (κ1) is 17.9. The minimum atomic E-state index is -0.499. The Balaban J connectivity index is 4.07. The molecule has 102 valence electrons. The maximum atomic E-state index is 5.58. The number of hydrogen-bond donors (Lipinski definition) is 0. The Kier molecular flexibility index (Phi) is 10.8. The molecule has 4 atom stereocenters. The highest BCUT2D eigenvalue weighted by atomic mass is 16.7. The van der Waals surface area contributed by atoms with Crippen LogP contribution in [0.5, 0.6) is 0 Å². The molecule has 0 aliphatic rings. The summed E-state index contributed by atoms with van der Waals surface area (Å²) in [6.07, 6.45) is -0.690. The number of rotatable bonds is 11. The molecule has 0 amide bonds. The summed E-state index contributed by atoms with van der Waals surface area (Å²) in [5.41, 5.74) is 0. The molecule has 0 aliphatic heterocycles. The molecule has 18 heavy (non-hydrogen) atoms. The Morgan fingerprint density at radius 1 is 1.00 bits per heavy atom. The zero-order valence-electron chi connectivity index (χ0n) is 11.6. The third-order valence-corrected chi connectivity index (χ3v) is 2.32. The van der Waals surface area contributed by atoms with Crippen molar-refractivity contribution in [1.29, 1.82) is 0 Å². The molecule has 0 fully saturated rings. The Bertz CT molecular complexity index is 182. The van der Waals surface area contributed by atoms with E-state index in [0.29, 0.717) is 19.5 Å². The summed E-state index contributed by atoms with van der Waals surface area (Å²) in [7, 11) is 12.0. The topological polar surface area (TPSA) is 46.2 Å². The van der Waals surface area contributed by atoms with Crippen molar-refractivity contribution in [3.63, 3.8) is 0 Å². The van der Waals surface area contributed by atoms with E-state index in [2.05, 4.69) is 4.65 Å². The van der Waals surface area contributed by atoms with Gasteiger partial charge in [0.05, 0.1) is 21.1 Å². The Hall–Kier alpha value is -0.0701. The quantitative estimate of drug-likeness (QED) is 0.404. The van der Waals surface area contributed by atoms with Gasteiger partial charge in [-0.3, -0.25) is 0 Å². The Morgan fingerprint density at radius 2 is 1.61 bits per heavy atom. The van der Waals surface area contributed by atoms with Crippen LogP contribution in [0.15, 0.2) is 0 Å². The van der Waals surface area contributed by atoms with Crippen LogP contribution in [0.1, 0.15) is 20.8 Å². The van der Waals surface area contributed by atoms with Gasteiger partial charge in [-0.2, -0.15) is 0 Å². The SMILES string of the molecule is [B]CC(C)OCC(COC(C)O[B])OC(C)OC. The van der Waals surface area contributed by atoms with Crippen LogP contribution in [0.2, 0.25) is 6.32 Å². The Morgan fingerprint density at radius 3 is 2.11 bits per heavy atom. The van der Waals surface area contributed by atoms with Crippen LogP contribution in [0.25, 0.3) is 0 Å². The molecule has 0 aromatic heterocycles. The second-order valence-electron chi connectivity index (χ2n) is 3.98. The number of hydrogen-bond acceptors (Lipinski definition) is 5. The van der Waals surface area contributed by atoms with Gasteiger partial charge in [0.15, 0.2) is 6.29 Å². The molecule has 0 N–H and O–H groups in total. The zero-order chi connectivity index (χ0) is 14.0. The lowest BCUT2D eigenvalue weighted by molar-refractivity contribution is -0.191. The third-order valence-electron chi connectivity index (χ3n) is 2.32. The molecule has 0 saturated carbocycles. The highest BCUT2D eigenvalue weighted by molar-refractivity contribution is 6.08. The second-order valence-corrected chi connectivity index (χ2v) is 3.98. The van der Waals surface area contributed by atoms with Crippen molar-refractivity contribution < 1.29 is 23.6 Å². The summed E-state index contributed by atoms with van der Waals surface area (Å²) < 4.78 is 26.0. The number of ether oxygens (including phenoxy) is 4. The summed E-state index contributed by atoms with van der Waals surface area (Å²) >= 11 is 0. The minimum Gasteiger partial charge on any atom is -0.425 e. The average Bonchev–Trinajstić information content (AvgIpc) is 2.40. The van der Waals surface area contributed by atoms with Crippen molar-refractivity contribution in [3.8, 4) is 0 Å². The summed E-state index contributed by atoms with van der Waals surface area (Å²) in [5, 5.41) is 0. The van der Waals surface area contributed by atoms with Crippen molar-refractivity contribution in [3.05, 3.63) is 0 Å². The fourth-order valence-corrected chi connectivity index (χ4v) is 1.08. The van der Waals surface area contributed by atoms with Gasteiger partial charge in [-0.05, 0) is 20.8 Å². The lowest BCUT2D eigenvalue weighted by atomic mass is 10.0. The lowest BCUT2D eigenvalue weighted by Gasteiger charge is -2.24. The van der Waals surface area contributed by atoms with Crippen LogP contribution in [0, 0.1) is 0 Å². The predicted molar refractivity (Wildman–Crippen MR) is 69.6 cm³/mol. The molecule has 4 radical (unpaired) electrons. The molecule has 5 nitrogen and oxygen atoms in total. The van der Waals surface area contributed by atoms with Crippen LogP contribution in [0.4, 0.5) is 0 Å². The van der Waals surface area contributed by atoms with Crippen molar-refractivity contribution in [1.82, 2.24) is 0 Å².